The molecule has 0 bridgehead atoms. The second kappa shape index (κ2) is 6.51. The summed E-state index contributed by atoms with van der Waals surface area (Å²) in [6.45, 7) is 0.374. The lowest BCUT2D eigenvalue weighted by molar-refractivity contribution is 0.0593. The van der Waals surface area contributed by atoms with Crippen molar-refractivity contribution in [3.63, 3.8) is 0 Å². The summed E-state index contributed by atoms with van der Waals surface area (Å²) in [6, 6.07) is 8.73. The average molecular weight is 273 g/mol. The van der Waals surface area contributed by atoms with Gasteiger partial charge in [-0.2, -0.15) is 0 Å². The summed E-state index contributed by atoms with van der Waals surface area (Å²) in [6.07, 6.45) is 2.35. The van der Waals surface area contributed by atoms with E-state index in [0.29, 0.717) is 18.7 Å². The zero-order chi connectivity index (χ0) is 14.4. The molecular formula is C14H15N3O3. The second-order valence-electron chi connectivity index (χ2n) is 4.00. The Labute approximate surface area is 116 Å². The van der Waals surface area contributed by atoms with Crippen molar-refractivity contribution in [3.8, 4) is 5.88 Å². The summed E-state index contributed by atoms with van der Waals surface area (Å²) in [4.78, 5) is 19.6. The van der Waals surface area contributed by atoms with Crippen molar-refractivity contribution < 1.29 is 14.3 Å². The van der Waals surface area contributed by atoms with E-state index >= 15 is 0 Å². The molecule has 0 aliphatic carbocycles. The van der Waals surface area contributed by atoms with E-state index in [4.69, 9.17) is 10.5 Å². The quantitative estimate of drug-likeness (QED) is 0.830. The fourth-order valence-corrected chi connectivity index (χ4v) is 1.58. The van der Waals surface area contributed by atoms with E-state index in [-0.39, 0.29) is 11.6 Å². The van der Waals surface area contributed by atoms with Crippen LogP contribution in [0.25, 0.3) is 0 Å². The smallest absolute Gasteiger partial charge is 0.356 e. The number of nitrogen functional groups attached to an aromatic ring is 1. The van der Waals surface area contributed by atoms with E-state index < -0.39 is 5.97 Å². The lowest BCUT2D eigenvalue weighted by Gasteiger charge is -2.08. The molecule has 2 N–H and O–H groups in total. The van der Waals surface area contributed by atoms with Crippen molar-refractivity contribution in [1.29, 1.82) is 0 Å². The summed E-state index contributed by atoms with van der Waals surface area (Å²) in [5, 5.41) is 0. The van der Waals surface area contributed by atoms with Gasteiger partial charge in [0.1, 0.15) is 0 Å². The van der Waals surface area contributed by atoms with Gasteiger partial charge in [0.05, 0.1) is 19.4 Å². The highest BCUT2D eigenvalue weighted by Gasteiger charge is 2.11. The molecule has 2 rings (SSSR count). The van der Waals surface area contributed by atoms with Crippen LogP contribution in [0, 0.1) is 0 Å². The third-order valence-electron chi connectivity index (χ3n) is 2.61. The van der Waals surface area contributed by atoms with E-state index in [9.17, 15) is 4.79 Å². The molecule has 20 heavy (non-hydrogen) atoms. The molecule has 0 radical (unpaired) electrons. The van der Waals surface area contributed by atoms with Crippen LogP contribution in [0.2, 0.25) is 0 Å². The van der Waals surface area contributed by atoms with Crippen LogP contribution in [0.1, 0.15) is 16.2 Å². The third-order valence-corrected chi connectivity index (χ3v) is 2.61. The van der Waals surface area contributed by atoms with Crippen LogP contribution in [0.3, 0.4) is 0 Å². The van der Waals surface area contributed by atoms with E-state index in [2.05, 4.69) is 14.7 Å². The lowest BCUT2D eigenvalue weighted by atomic mass is 10.3. The van der Waals surface area contributed by atoms with E-state index in [1.54, 1.807) is 12.3 Å². The number of hydrogen-bond donors (Lipinski definition) is 1. The molecule has 6 heteroatoms. The van der Waals surface area contributed by atoms with Crippen molar-refractivity contribution in [2.45, 2.75) is 6.42 Å². The minimum atomic E-state index is -0.528. The number of rotatable bonds is 5. The highest BCUT2D eigenvalue weighted by Crippen LogP contribution is 2.19. The maximum absolute atomic E-state index is 11.4. The van der Waals surface area contributed by atoms with Gasteiger partial charge < -0.3 is 15.2 Å². The first-order chi connectivity index (χ1) is 9.70. The Kier molecular flexibility index (Phi) is 4.49. The fourth-order valence-electron chi connectivity index (χ4n) is 1.58. The Morgan fingerprint density at radius 2 is 2.15 bits per heavy atom. The van der Waals surface area contributed by atoms with Gasteiger partial charge >= 0.3 is 5.97 Å². The second-order valence-corrected chi connectivity index (χ2v) is 4.00. The third kappa shape index (κ3) is 3.44. The van der Waals surface area contributed by atoms with Gasteiger partial charge in [0.15, 0.2) is 5.69 Å². The molecule has 0 saturated carbocycles. The number of carbonyl (C=O) groups excluding carboxylic acids is 1. The minimum absolute atomic E-state index is 0.162. The standard InChI is InChI=1S/C14H15N3O3/c1-19-14(18)12-6-5-11(15)13(17-12)20-9-7-10-4-2-3-8-16-10/h2-6,8H,7,9,15H2,1H3. The highest BCUT2D eigenvalue weighted by atomic mass is 16.5. The van der Waals surface area contributed by atoms with Gasteiger partial charge in [0.25, 0.3) is 0 Å². The van der Waals surface area contributed by atoms with Crippen LogP contribution < -0.4 is 10.5 Å². The molecule has 0 aliphatic heterocycles. The Hall–Kier alpha value is -2.63. The average Bonchev–Trinajstić information content (AvgIpc) is 2.49. The predicted molar refractivity (Wildman–Crippen MR) is 73.4 cm³/mol. The van der Waals surface area contributed by atoms with E-state index in [1.807, 2.05) is 18.2 Å². The molecule has 104 valence electrons. The molecule has 0 atom stereocenters. The largest absolute Gasteiger partial charge is 0.476 e. The van der Waals surface area contributed by atoms with Crippen LogP contribution in [0.15, 0.2) is 36.5 Å². The Balaban J connectivity index is 2.00. The number of carbonyl (C=O) groups is 1. The maximum Gasteiger partial charge on any atom is 0.356 e. The monoisotopic (exact) mass is 273 g/mol. The molecule has 0 fully saturated rings. The fraction of sp³-hybridized carbons (Fsp3) is 0.214. The van der Waals surface area contributed by atoms with Gasteiger partial charge in [-0.15, -0.1) is 0 Å². The number of ether oxygens (including phenoxy) is 2. The number of nitrogens with zero attached hydrogens (tertiary/aromatic N) is 2. The number of anilines is 1. The lowest BCUT2D eigenvalue weighted by Crippen LogP contribution is -2.09. The molecule has 0 saturated heterocycles. The number of pyridine rings is 2. The molecule has 2 aromatic heterocycles. The molecule has 0 aromatic carbocycles. The van der Waals surface area contributed by atoms with Crippen molar-refractivity contribution >= 4 is 11.7 Å². The van der Waals surface area contributed by atoms with Crippen molar-refractivity contribution in [1.82, 2.24) is 9.97 Å². The number of esters is 1. The van der Waals surface area contributed by atoms with Crippen LogP contribution in [0.4, 0.5) is 5.69 Å². The summed E-state index contributed by atoms with van der Waals surface area (Å²) in [7, 11) is 1.29. The zero-order valence-electron chi connectivity index (χ0n) is 11.1. The summed E-state index contributed by atoms with van der Waals surface area (Å²) in [5.74, 6) is -0.302. The number of hydrogen-bond acceptors (Lipinski definition) is 6. The molecular weight excluding hydrogens is 258 g/mol. The van der Waals surface area contributed by atoms with Gasteiger partial charge in [-0.05, 0) is 24.3 Å². The first kappa shape index (κ1) is 13.8. The summed E-state index contributed by atoms with van der Waals surface area (Å²) < 4.78 is 10.1. The summed E-state index contributed by atoms with van der Waals surface area (Å²) >= 11 is 0. The van der Waals surface area contributed by atoms with Gasteiger partial charge in [0, 0.05) is 18.3 Å². The predicted octanol–water partition coefficient (Wildman–Crippen LogP) is 1.47. The Morgan fingerprint density at radius 1 is 1.30 bits per heavy atom. The minimum Gasteiger partial charge on any atom is -0.476 e. The van der Waals surface area contributed by atoms with E-state index in [0.717, 1.165) is 5.69 Å². The molecule has 6 nitrogen and oxygen atoms in total. The first-order valence-electron chi connectivity index (χ1n) is 6.08. The summed E-state index contributed by atoms with van der Waals surface area (Å²) in [5.41, 5.74) is 7.20. The van der Waals surface area contributed by atoms with Crippen molar-refractivity contribution in [2.24, 2.45) is 0 Å². The van der Waals surface area contributed by atoms with Crippen LogP contribution in [-0.2, 0) is 11.2 Å². The van der Waals surface area contributed by atoms with Crippen LogP contribution in [0.5, 0.6) is 5.88 Å². The van der Waals surface area contributed by atoms with Gasteiger partial charge in [-0.3, -0.25) is 4.98 Å². The van der Waals surface area contributed by atoms with E-state index in [1.165, 1.54) is 13.2 Å². The topological polar surface area (TPSA) is 87.3 Å². The molecule has 0 spiro atoms. The van der Waals surface area contributed by atoms with Crippen LogP contribution in [-0.4, -0.2) is 29.7 Å². The first-order valence-corrected chi connectivity index (χ1v) is 6.08. The molecule has 2 heterocycles. The SMILES string of the molecule is COC(=O)c1ccc(N)c(OCCc2ccccn2)n1. The maximum atomic E-state index is 11.4. The zero-order valence-corrected chi connectivity index (χ0v) is 11.1. The normalized spacial score (nSPS) is 10.1. The van der Waals surface area contributed by atoms with Gasteiger partial charge in [-0.1, -0.05) is 6.07 Å². The van der Waals surface area contributed by atoms with Crippen molar-refractivity contribution in [3.05, 3.63) is 47.9 Å². The number of aromatic nitrogens is 2. The molecule has 0 amide bonds. The van der Waals surface area contributed by atoms with Crippen LogP contribution >= 0.6 is 0 Å². The molecule has 2 aromatic rings. The number of methoxy groups -OCH3 is 1. The van der Waals surface area contributed by atoms with Crippen molar-refractivity contribution in [2.75, 3.05) is 19.5 Å². The Morgan fingerprint density at radius 3 is 2.85 bits per heavy atom. The molecule has 0 unspecified atom stereocenters. The van der Waals surface area contributed by atoms with Gasteiger partial charge in [-0.25, -0.2) is 9.78 Å². The highest BCUT2D eigenvalue weighted by molar-refractivity contribution is 5.87. The Bertz CT molecular complexity index is 587. The number of nitrogens with two attached hydrogens (primary N) is 1. The molecule has 0 aliphatic rings. The van der Waals surface area contributed by atoms with Gasteiger partial charge in [0.2, 0.25) is 5.88 Å².